The van der Waals surface area contributed by atoms with Gasteiger partial charge in [0.05, 0.1) is 26.4 Å². The standard InChI is InChI=1S/C32H44O10/c1-3-30(35)39-9-7-37-18-25(33)20-41-27-5-6-28(32-15-22-11-23(16-32)13-24(12-22)17-32)29(14-27)42-21-26(34)19-38-8-10-40-31(36)4-2/h3-6,14,22-26,33-34H,1-2,7-13,15-21H2. The van der Waals surface area contributed by atoms with Crippen molar-refractivity contribution in [3.8, 4) is 11.5 Å². The van der Waals surface area contributed by atoms with Crippen molar-refractivity contribution in [3.63, 3.8) is 0 Å². The number of ether oxygens (including phenoxy) is 6. The van der Waals surface area contributed by atoms with Crippen LogP contribution in [0.25, 0.3) is 0 Å². The molecule has 0 heterocycles. The van der Waals surface area contributed by atoms with E-state index < -0.39 is 24.1 Å². The van der Waals surface area contributed by atoms with Crippen LogP contribution in [0, 0.1) is 17.8 Å². The number of benzene rings is 1. The summed E-state index contributed by atoms with van der Waals surface area (Å²) in [6.07, 6.45) is 7.85. The zero-order valence-electron chi connectivity index (χ0n) is 24.2. The second-order valence-corrected chi connectivity index (χ2v) is 11.7. The van der Waals surface area contributed by atoms with Gasteiger partial charge in [-0.1, -0.05) is 19.2 Å². The van der Waals surface area contributed by atoms with Crippen molar-refractivity contribution in [1.82, 2.24) is 0 Å². The van der Waals surface area contributed by atoms with Gasteiger partial charge in [-0.3, -0.25) is 0 Å². The van der Waals surface area contributed by atoms with Crippen molar-refractivity contribution < 1.29 is 48.2 Å². The maximum absolute atomic E-state index is 11.1. The molecule has 5 rings (SSSR count). The fourth-order valence-corrected chi connectivity index (χ4v) is 7.02. The molecule has 0 aromatic heterocycles. The molecule has 4 saturated carbocycles. The van der Waals surface area contributed by atoms with E-state index in [4.69, 9.17) is 28.4 Å². The third kappa shape index (κ3) is 9.04. The first-order valence-electron chi connectivity index (χ1n) is 14.8. The van der Waals surface area contributed by atoms with E-state index in [1.165, 1.54) is 19.3 Å². The molecule has 4 fully saturated rings. The van der Waals surface area contributed by atoms with E-state index in [9.17, 15) is 19.8 Å². The number of aliphatic hydroxyl groups excluding tert-OH is 2. The number of carbonyl (C=O) groups is 2. The molecule has 2 N–H and O–H groups in total. The molecular formula is C32H44O10. The minimum Gasteiger partial charge on any atom is -0.491 e. The van der Waals surface area contributed by atoms with Crippen LogP contribution in [0.2, 0.25) is 0 Å². The summed E-state index contributed by atoms with van der Waals surface area (Å²) in [7, 11) is 0. The van der Waals surface area contributed by atoms with Crippen LogP contribution in [0.1, 0.15) is 44.1 Å². The molecule has 42 heavy (non-hydrogen) atoms. The maximum atomic E-state index is 11.1. The molecule has 2 unspecified atom stereocenters. The van der Waals surface area contributed by atoms with Gasteiger partial charge in [-0.05, 0) is 67.8 Å². The van der Waals surface area contributed by atoms with Crippen LogP contribution >= 0.6 is 0 Å². The number of rotatable bonds is 19. The molecule has 4 bridgehead atoms. The molecule has 0 aliphatic heterocycles. The van der Waals surface area contributed by atoms with Crippen LogP contribution in [-0.2, 0) is 34.0 Å². The number of aliphatic hydroxyl groups is 2. The SMILES string of the molecule is C=CC(=O)OCCOCC(O)COc1ccc(C23CC4CC(CC(C4)C2)C3)c(OCC(O)COCCOC(=O)C=C)c1. The maximum Gasteiger partial charge on any atom is 0.330 e. The van der Waals surface area contributed by atoms with Gasteiger partial charge in [0.15, 0.2) is 0 Å². The van der Waals surface area contributed by atoms with Gasteiger partial charge >= 0.3 is 11.9 Å². The predicted octanol–water partition coefficient (Wildman–Crippen LogP) is 3.13. The van der Waals surface area contributed by atoms with Crippen LogP contribution in [-0.4, -0.2) is 87.2 Å². The van der Waals surface area contributed by atoms with Gasteiger partial charge in [0.1, 0.15) is 50.1 Å². The zero-order chi connectivity index (χ0) is 30.0. The minimum absolute atomic E-state index is 0.00941. The average Bonchev–Trinajstić information content (AvgIpc) is 2.97. The van der Waals surface area contributed by atoms with Gasteiger partial charge in [-0.2, -0.15) is 0 Å². The van der Waals surface area contributed by atoms with Gasteiger partial charge in [0.25, 0.3) is 0 Å². The summed E-state index contributed by atoms with van der Waals surface area (Å²) in [6, 6.07) is 5.86. The first-order valence-corrected chi connectivity index (χ1v) is 14.8. The molecule has 4 aliphatic carbocycles. The fourth-order valence-electron chi connectivity index (χ4n) is 7.02. The van der Waals surface area contributed by atoms with Crippen LogP contribution < -0.4 is 9.47 Å². The lowest BCUT2D eigenvalue weighted by Crippen LogP contribution is -2.48. The van der Waals surface area contributed by atoms with Crippen molar-refractivity contribution in [1.29, 1.82) is 0 Å². The molecule has 4 aliphatic rings. The number of carbonyl (C=O) groups excluding carboxylic acids is 2. The highest BCUT2D eigenvalue weighted by Gasteiger charge is 2.52. The highest BCUT2D eigenvalue weighted by Crippen LogP contribution is 2.62. The summed E-state index contributed by atoms with van der Waals surface area (Å²) in [5.74, 6) is 2.45. The van der Waals surface area contributed by atoms with Crippen molar-refractivity contribution in [2.24, 2.45) is 17.8 Å². The van der Waals surface area contributed by atoms with E-state index >= 15 is 0 Å². The quantitative estimate of drug-likeness (QED) is 0.141. The van der Waals surface area contributed by atoms with Crippen LogP contribution in [0.5, 0.6) is 11.5 Å². The van der Waals surface area contributed by atoms with E-state index in [-0.39, 0.29) is 58.3 Å². The highest BCUT2D eigenvalue weighted by molar-refractivity contribution is 5.81. The summed E-state index contributed by atoms with van der Waals surface area (Å²) < 4.78 is 32.6. The Bertz CT molecular complexity index is 1030. The van der Waals surface area contributed by atoms with Crippen LogP contribution in [0.3, 0.4) is 0 Å². The Morgan fingerprint density at radius 3 is 1.79 bits per heavy atom. The third-order valence-electron chi connectivity index (χ3n) is 8.33. The lowest BCUT2D eigenvalue weighted by atomic mass is 9.48. The number of esters is 2. The predicted molar refractivity (Wildman–Crippen MR) is 153 cm³/mol. The summed E-state index contributed by atoms with van der Waals surface area (Å²) in [4.78, 5) is 22.2. The molecule has 10 heteroatoms. The summed E-state index contributed by atoms with van der Waals surface area (Å²) in [5.41, 5.74) is 1.23. The van der Waals surface area contributed by atoms with E-state index in [0.717, 1.165) is 54.7 Å². The van der Waals surface area contributed by atoms with Gasteiger partial charge in [-0.25, -0.2) is 9.59 Å². The summed E-state index contributed by atoms with van der Waals surface area (Å²) >= 11 is 0. The van der Waals surface area contributed by atoms with E-state index in [0.29, 0.717) is 11.5 Å². The Morgan fingerprint density at radius 1 is 0.786 bits per heavy atom. The summed E-state index contributed by atoms with van der Waals surface area (Å²) in [6.45, 7) is 7.24. The molecule has 0 radical (unpaired) electrons. The Hall–Kier alpha value is -2.92. The van der Waals surface area contributed by atoms with Gasteiger partial charge in [0, 0.05) is 23.8 Å². The van der Waals surface area contributed by atoms with E-state index in [1.54, 1.807) is 0 Å². The Morgan fingerprint density at radius 2 is 1.29 bits per heavy atom. The van der Waals surface area contributed by atoms with Gasteiger partial charge in [-0.15, -0.1) is 0 Å². The van der Waals surface area contributed by atoms with Crippen molar-refractivity contribution in [2.45, 2.75) is 56.1 Å². The largest absolute Gasteiger partial charge is 0.491 e. The first kappa shape index (κ1) is 32.0. The zero-order valence-corrected chi connectivity index (χ0v) is 24.2. The molecule has 232 valence electrons. The van der Waals surface area contributed by atoms with E-state index in [1.807, 2.05) is 12.1 Å². The third-order valence-corrected chi connectivity index (χ3v) is 8.33. The molecule has 0 amide bonds. The lowest BCUT2D eigenvalue weighted by molar-refractivity contribution is -0.140. The Labute approximate surface area is 247 Å². The Kier molecular flexibility index (Phi) is 11.8. The molecule has 1 aromatic carbocycles. The van der Waals surface area contributed by atoms with Gasteiger partial charge in [0.2, 0.25) is 0 Å². The van der Waals surface area contributed by atoms with Crippen LogP contribution in [0.15, 0.2) is 43.5 Å². The van der Waals surface area contributed by atoms with Crippen LogP contribution in [0.4, 0.5) is 0 Å². The normalized spacial score (nSPS) is 25.3. The molecule has 2 atom stereocenters. The molecule has 1 aromatic rings. The molecule has 10 nitrogen and oxygen atoms in total. The number of hydrogen-bond acceptors (Lipinski definition) is 10. The smallest absolute Gasteiger partial charge is 0.330 e. The fraction of sp³-hybridized carbons (Fsp3) is 0.625. The van der Waals surface area contributed by atoms with Crippen molar-refractivity contribution in [2.75, 3.05) is 52.9 Å². The van der Waals surface area contributed by atoms with E-state index in [2.05, 4.69) is 19.2 Å². The Balaban J connectivity index is 1.33. The molecule has 0 saturated heterocycles. The second-order valence-electron chi connectivity index (χ2n) is 11.7. The summed E-state index contributed by atoms with van der Waals surface area (Å²) in [5, 5.41) is 20.8. The number of hydrogen-bond donors (Lipinski definition) is 2. The lowest BCUT2D eigenvalue weighted by Gasteiger charge is -2.57. The second kappa shape index (κ2) is 15.5. The molecular weight excluding hydrogens is 544 g/mol. The van der Waals surface area contributed by atoms with Gasteiger partial charge < -0.3 is 38.6 Å². The topological polar surface area (TPSA) is 130 Å². The minimum atomic E-state index is -0.878. The van der Waals surface area contributed by atoms with Crippen molar-refractivity contribution in [3.05, 3.63) is 49.1 Å². The molecule has 0 spiro atoms. The monoisotopic (exact) mass is 588 g/mol. The average molecular weight is 589 g/mol. The highest BCUT2D eigenvalue weighted by atomic mass is 16.6. The first-order chi connectivity index (χ1) is 20.3. The van der Waals surface area contributed by atoms with Crippen molar-refractivity contribution >= 4 is 11.9 Å².